The monoisotopic (exact) mass is 311 g/mol. The highest BCUT2D eigenvalue weighted by atomic mass is 79.9. The van der Waals surface area contributed by atoms with E-state index in [9.17, 15) is 4.79 Å². The molecule has 1 heterocycles. The van der Waals surface area contributed by atoms with Crippen molar-refractivity contribution in [3.63, 3.8) is 0 Å². The second-order valence-electron chi connectivity index (χ2n) is 4.82. The fourth-order valence-corrected chi connectivity index (χ4v) is 2.73. The molecule has 1 aromatic rings. The molecule has 1 aliphatic rings. The van der Waals surface area contributed by atoms with Gasteiger partial charge in [-0.1, -0.05) is 6.92 Å². The Bertz CT molecular complexity index is 439. The largest absolute Gasteiger partial charge is 0.496 e. The molecule has 0 bridgehead atoms. The summed E-state index contributed by atoms with van der Waals surface area (Å²) in [5.74, 6) is 1.60. The molecule has 0 unspecified atom stereocenters. The van der Waals surface area contributed by atoms with Gasteiger partial charge < -0.3 is 9.64 Å². The van der Waals surface area contributed by atoms with E-state index >= 15 is 0 Å². The number of amides is 1. The maximum Gasteiger partial charge on any atom is 0.253 e. The number of ether oxygens (including phenoxy) is 1. The van der Waals surface area contributed by atoms with Crippen LogP contribution in [-0.2, 0) is 0 Å². The molecule has 1 aliphatic heterocycles. The van der Waals surface area contributed by atoms with Gasteiger partial charge in [-0.2, -0.15) is 0 Å². The van der Waals surface area contributed by atoms with Gasteiger partial charge in [-0.25, -0.2) is 0 Å². The van der Waals surface area contributed by atoms with Gasteiger partial charge in [-0.15, -0.1) is 0 Å². The predicted molar refractivity (Wildman–Crippen MR) is 75.0 cm³/mol. The summed E-state index contributed by atoms with van der Waals surface area (Å²) in [5, 5.41) is 0. The number of piperidine rings is 1. The van der Waals surface area contributed by atoms with Gasteiger partial charge in [0, 0.05) is 18.7 Å². The molecule has 0 aliphatic carbocycles. The lowest BCUT2D eigenvalue weighted by atomic mass is 9.98. The minimum atomic E-state index is 0.116. The van der Waals surface area contributed by atoms with E-state index in [0.717, 1.165) is 47.6 Å². The standard InChI is InChI=1S/C14H18BrNO2/c1-10-5-7-16(8-6-10)14(17)11-3-4-13(18-2)12(15)9-11/h3-4,9-10H,5-8H2,1-2H3. The Hall–Kier alpha value is -1.03. The topological polar surface area (TPSA) is 29.5 Å². The van der Waals surface area contributed by atoms with Crippen molar-refractivity contribution in [2.45, 2.75) is 19.8 Å². The van der Waals surface area contributed by atoms with Crippen LogP contribution in [0.4, 0.5) is 0 Å². The van der Waals surface area contributed by atoms with Gasteiger partial charge in [0.2, 0.25) is 0 Å². The molecule has 0 saturated carbocycles. The first-order valence-electron chi connectivity index (χ1n) is 6.24. The number of rotatable bonds is 2. The molecule has 0 spiro atoms. The summed E-state index contributed by atoms with van der Waals surface area (Å²) in [6, 6.07) is 5.48. The third-order valence-corrected chi connectivity index (χ3v) is 4.09. The number of nitrogens with zero attached hydrogens (tertiary/aromatic N) is 1. The van der Waals surface area contributed by atoms with Crippen molar-refractivity contribution < 1.29 is 9.53 Å². The van der Waals surface area contributed by atoms with Gasteiger partial charge in [0.1, 0.15) is 5.75 Å². The van der Waals surface area contributed by atoms with Crippen LogP contribution < -0.4 is 4.74 Å². The first-order valence-corrected chi connectivity index (χ1v) is 7.04. The van der Waals surface area contributed by atoms with Crippen molar-refractivity contribution in [1.29, 1.82) is 0 Å². The van der Waals surface area contributed by atoms with Crippen LogP contribution in [0.15, 0.2) is 22.7 Å². The Balaban J connectivity index is 2.11. The van der Waals surface area contributed by atoms with Crippen molar-refractivity contribution in [2.75, 3.05) is 20.2 Å². The number of benzene rings is 1. The highest BCUT2D eigenvalue weighted by molar-refractivity contribution is 9.10. The van der Waals surface area contributed by atoms with Crippen LogP contribution in [-0.4, -0.2) is 31.0 Å². The van der Waals surface area contributed by atoms with Crippen molar-refractivity contribution in [3.05, 3.63) is 28.2 Å². The van der Waals surface area contributed by atoms with Gasteiger partial charge >= 0.3 is 0 Å². The average molecular weight is 312 g/mol. The maximum absolute atomic E-state index is 12.3. The zero-order chi connectivity index (χ0) is 13.1. The number of carbonyl (C=O) groups excluding carboxylic acids is 1. The van der Waals surface area contributed by atoms with Crippen LogP contribution in [0.2, 0.25) is 0 Å². The fraction of sp³-hybridized carbons (Fsp3) is 0.500. The Morgan fingerprint density at radius 3 is 2.61 bits per heavy atom. The molecule has 0 atom stereocenters. The fourth-order valence-electron chi connectivity index (χ4n) is 2.19. The van der Waals surface area contributed by atoms with E-state index in [4.69, 9.17) is 4.74 Å². The Kier molecular flexibility index (Phi) is 4.27. The van der Waals surface area contributed by atoms with Crippen LogP contribution in [0.5, 0.6) is 5.75 Å². The van der Waals surface area contributed by atoms with Gasteiger partial charge in [0.25, 0.3) is 5.91 Å². The lowest BCUT2D eigenvalue weighted by Crippen LogP contribution is -2.37. The highest BCUT2D eigenvalue weighted by Crippen LogP contribution is 2.27. The summed E-state index contributed by atoms with van der Waals surface area (Å²) in [4.78, 5) is 14.3. The summed E-state index contributed by atoms with van der Waals surface area (Å²) >= 11 is 3.41. The van der Waals surface area contributed by atoms with Crippen LogP contribution >= 0.6 is 15.9 Å². The normalized spacial score (nSPS) is 16.7. The smallest absolute Gasteiger partial charge is 0.253 e. The van der Waals surface area contributed by atoms with E-state index in [-0.39, 0.29) is 5.91 Å². The lowest BCUT2D eigenvalue weighted by molar-refractivity contribution is 0.0697. The Labute approximate surface area is 116 Å². The molecule has 1 amide bonds. The summed E-state index contributed by atoms with van der Waals surface area (Å²) < 4.78 is 5.99. The van der Waals surface area contributed by atoms with Crippen molar-refractivity contribution in [1.82, 2.24) is 4.90 Å². The molecule has 0 radical (unpaired) electrons. The SMILES string of the molecule is COc1ccc(C(=O)N2CCC(C)CC2)cc1Br. The molecular weight excluding hydrogens is 294 g/mol. The van der Waals surface area contributed by atoms with Gasteiger partial charge in [-0.05, 0) is 52.9 Å². The van der Waals surface area contributed by atoms with Gasteiger partial charge in [0.05, 0.1) is 11.6 Å². The summed E-state index contributed by atoms with van der Waals surface area (Å²) in [7, 11) is 1.62. The van der Waals surface area contributed by atoms with E-state index < -0.39 is 0 Å². The second-order valence-corrected chi connectivity index (χ2v) is 5.68. The van der Waals surface area contributed by atoms with Crippen molar-refractivity contribution >= 4 is 21.8 Å². The summed E-state index contributed by atoms with van der Waals surface area (Å²) in [5.41, 5.74) is 0.720. The maximum atomic E-state index is 12.3. The van der Waals surface area contributed by atoms with E-state index in [1.807, 2.05) is 23.1 Å². The molecule has 2 rings (SSSR count). The molecule has 1 saturated heterocycles. The number of halogens is 1. The molecular formula is C14H18BrNO2. The van der Waals surface area contributed by atoms with Crippen LogP contribution in [0.25, 0.3) is 0 Å². The number of hydrogen-bond donors (Lipinski definition) is 0. The van der Waals surface area contributed by atoms with Gasteiger partial charge in [-0.3, -0.25) is 4.79 Å². The number of likely N-dealkylation sites (tertiary alicyclic amines) is 1. The number of methoxy groups -OCH3 is 1. The van der Waals surface area contributed by atoms with E-state index in [2.05, 4.69) is 22.9 Å². The molecule has 0 N–H and O–H groups in total. The molecule has 4 heteroatoms. The molecule has 98 valence electrons. The zero-order valence-electron chi connectivity index (χ0n) is 10.8. The summed E-state index contributed by atoms with van der Waals surface area (Å²) in [6.07, 6.45) is 2.20. The predicted octanol–water partition coefficient (Wildman–Crippen LogP) is 3.33. The minimum Gasteiger partial charge on any atom is -0.496 e. The number of carbonyl (C=O) groups is 1. The zero-order valence-corrected chi connectivity index (χ0v) is 12.4. The number of hydrogen-bond acceptors (Lipinski definition) is 2. The molecule has 1 aromatic carbocycles. The first kappa shape index (κ1) is 13.4. The first-order chi connectivity index (χ1) is 8.61. The molecule has 18 heavy (non-hydrogen) atoms. The van der Waals surface area contributed by atoms with Crippen molar-refractivity contribution in [2.24, 2.45) is 5.92 Å². The van der Waals surface area contributed by atoms with Crippen molar-refractivity contribution in [3.8, 4) is 5.75 Å². The van der Waals surface area contributed by atoms with Gasteiger partial charge in [0.15, 0.2) is 0 Å². The minimum absolute atomic E-state index is 0.116. The van der Waals surface area contributed by atoms with E-state index in [1.54, 1.807) is 7.11 Å². The summed E-state index contributed by atoms with van der Waals surface area (Å²) in [6.45, 7) is 3.97. The third-order valence-electron chi connectivity index (χ3n) is 3.47. The second kappa shape index (κ2) is 5.74. The quantitative estimate of drug-likeness (QED) is 0.838. The highest BCUT2D eigenvalue weighted by Gasteiger charge is 2.21. The molecule has 1 fully saturated rings. The Morgan fingerprint density at radius 1 is 1.39 bits per heavy atom. The third kappa shape index (κ3) is 2.86. The van der Waals surface area contributed by atoms with Crippen LogP contribution in [0.3, 0.4) is 0 Å². The van der Waals surface area contributed by atoms with E-state index in [1.165, 1.54) is 0 Å². The van der Waals surface area contributed by atoms with Crippen LogP contribution in [0, 0.1) is 5.92 Å². The molecule has 3 nitrogen and oxygen atoms in total. The lowest BCUT2D eigenvalue weighted by Gasteiger charge is -2.30. The molecule has 0 aromatic heterocycles. The average Bonchev–Trinajstić information content (AvgIpc) is 2.38. The Morgan fingerprint density at radius 2 is 2.06 bits per heavy atom. The van der Waals surface area contributed by atoms with Crippen LogP contribution in [0.1, 0.15) is 30.1 Å². The van der Waals surface area contributed by atoms with E-state index in [0.29, 0.717) is 0 Å².